The molecular weight excluding hydrogens is 410 g/mol. The van der Waals surface area contributed by atoms with Crippen LogP contribution in [0, 0.1) is 5.92 Å². The highest BCUT2D eigenvalue weighted by Crippen LogP contribution is 2.22. The van der Waals surface area contributed by atoms with Gasteiger partial charge in [-0.3, -0.25) is 4.79 Å². The van der Waals surface area contributed by atoms with E-state index in [1.54, 1.807) is 11.3 Å². The molecule has 0 N–H and O–H groups in total. The lowest BCUT2D eigenvalue weighted by Crippen LogP contribution is -2.26. The van der Waals surface area contributed by atoms with Crippen LogP contribution in [0.25, 0.3) is 11.0 Å². The molecule has 6 nitrogen and oxygen atoms in total. The summed E-state index contributed by atoms with van der Waals surface area (Å²) in [5, 5.41) is 3.10. The van der Waals surface area contributed by atoms with E-state index in [2.05, 4.69) is 9.97 Å². The lowest BCUT2D eigenvalue weighted by Gasteiger charge is -2.20. The van der Waals surface area contributed by atoms with E-state index in [9.17, 15) is 4.79 Å². The first-order valence-electron chi connectivity index (χ1n) is 10.6. The van der Waals surface area contributed by atoms with Gasteiger partial charge in [0.2, 0.25) is 5.88 Å². The molecular formula is C24H33N3O3S. The van der Waals surface area contributed by atoms with Crippen LogP contribution in [0.1, 0.15) is 59.2 Å². The van der Waals surface area contributed by atoms with Gasteiger partial charge in [-0.15, -0.1) is 11.3 Å². The quantitative estimate of drug-likeness (QED) is 0.459. The largest absolute Gasteiger partial charge is 0.474 e. The van der Waals surface area contributed by atoms with E-state index in [1.807, 2.05) is 84.3 Å². The van der Waals surface area contributed by atoms with E-state index in [4.69, 9.17) is 14.5 Å². The molecule has 0 amide bonds. The van der Waals surface area contributed by atoms with Crippen molar-refractivity contribution in [3.8, 4) is 5.88 Å². The van der Waals surface area contributed by atoms with Crippen LogP contribution in [0.5, 0.6) is 5.88 Å². The third kappa shape index (κ3) is 8.61. The van der Waals surface area contributed by atoms with Crippen molar-refractivity contribution >= 4 is 28.3 Å². The van der Waals surface area contributed by atoms with Crippen LogP contribution < -0.4 is 4.74 Å². The van der Waals surface area contributed by atoms with Crippen LogP contribution >= 0.6 is 11.3 Å². The maximum Gasteiger partial charge on any atom is 0.308 e. The van der Waals surface area contributed by atoms with Gasteiger partial charge in [0.05, 0.1) is 28.1 Å². The Morgan fingerprint density at radius 3 is 2.16 bits per heavy atom. The smallest absolute Gasteiger partial charge is 0.308 e. The van der Waals surface area contributed by atoms with Crippen LogP contribution in [0.4, 0.5) is 0 Å². The topological polar surface area (TPSA) is 74.2 Å². The number of nitrogens with zero attached hydrogens (tertiary/aromatic N) is 3. The third-order valence-corrected chi connectivity index (χ3v) is 4.73. The minimum atomic E-state index is -0.346. The lowest BCUT2D eigenvalue weighted by molar-refractivity contribution is -0.158. The summed E-state index contributed by atoms with van der Waals surface area (Å²) >= 11 is 1.67. The van der Waals surface area contributed by atoms with Crippen molar-refractivity contribution in [1.82, 2.24) is 15.0 Å². The fraction of sp³-hybridized carbons (Fsp3) is 0.500. The molecule has 0 unspecified atom stereocenters. The van der Waals surface area contributed by atoms with Crippen LogP contribution in [0.2, 0.25) is 0 Å². The molecule has 0 radical (unpaired) electrons. The number of rotatable bonds is 6. The van der Waals surface area contributed by atoms with E-state index < -0.39 is 0 Å². The van der Waals surface area contributed by atoms with Gasteiger partial charge in [-0.05, 0) is 46.8 Å². The first kappa shape index (κ1) is 24.7. The number of aryl methyl sites for hydroxylation is 2. The Bertz CT molecular complexity index is 964. The number of para-hydroxylation sites is 2. The summed E-state index contributed by atoms with van der Waals surface area (Å²) in [6.07, 6.45) is 3.56. The number of hydrogen-bond donors (Lipinski definition) is 0. The maximum atomic E-state index is 10.9. The van der Waals surface area contributed by atoms with E-state index in [-0.39, 0.29) is 23.6 Å². The molecule has 168 valence electrons. The molecule has 7 heteroatoms. The van der Waals surface area contributed by atoms with E-state index in [1.165, 1.54) is 0 Å². The van der Waals surface area contributed by atoms with Crippen molar-refractivity contribution in [2.75, 3.05) is 0 Å². The molecule has 31 heavy (non-hydrogen) atoms. The lowest BCUT2D eigenvalue weighted by atomic mass is 10.1. The Morgan fingerprint density at radius 2 is 1.68 bits per heavy atom. The number of carbonyl (C=O) groups is 1. The molecule has 0 saturated heterocycles. The zero-order valence-corrected chi connectivity index (χ0v) is 20.3. The number of hydrogen-bond acceptors (Lipinski definition) is 7. The Labute approximate surface area is 189 Å². The minimum absolute atomic E-state index is 0.0285. The predicted molar refractivity (Wildman–Crippen MR) is 126 cm³/mol. The second-order valence-electron chi connectivity index (χ2n) is 8.74. The van der Waals surface area contributed by atoms with Crippen molar-refractivity contribution in [3.63, 3.8) is 0 Å². The summed E-state index contributed by atoms with van der Waals surface area (Å²) in [6, 6.07) is 7.88. The molecule has 0 aliphatic heterocycles. The molecule has 1 aromatic carbocycles. The molecule has 0 spiro atoms. The minimum Gasteiger partial charge on any atom is -0.474 e. The molecule has 0 aliphatic carbocycles. The van der Waals surface area contributed by atoms with Gasteiger partial charge in [-0.1, -0.05) is 26.0 Å². The van der Waals surface area contributed by atoms with Crippen molar-refractivity contribution in [3.05, 3.63) is 46.5 Å². The highest BCUT2D eigenvalue weighted by atomic mass is 32.1. The van der Waals surface area contributed by atoms with Gasteiger partial charge >= 0.3 is 5.97 Å². The summed E-state index contributed by atoms with van der Waals surface area (Å²) < 4.78 is 10.9. The molecule has 0 fully saturated rings. The molecule has 3 rings (SSSR count). The number of carbonyl (C=O) groups excluding carboxylic acids is 1. The Morgan fingerprint density at radius 1 is 1.03 bits per heavy atom. The van der Waals surface area contributed by atoms with Gasteiger partial charge < -0.3 is 9.47 Å². The summed E-state index contributed by atoms with van der Waals surface area (Å²) in [6.45, 7) is 13.3. The Balaban J connectivity index is 0.000000291. The zero-order valence-electron chi connectivity index (χ0n) is 19.5. The summed E-state index contributed by atoms with van der Waals surface area (Å²) in [4.78, 5) is 24.6. The number of ether oxygens (including phenoxy) is 2. The van der Waals surface area contributed by atoms with Gasteiger partial charge in [0, 0.05) is 24.4 Å². The number of aromatic nitrogens is 3. The molecule has 0 aliphatic rings. The van der Waals surface area contributed by atoms with Gasteiger partial charge in [0.1, 0.15) is 11.3 Å². The number of thiazole rings is 1. The molecule has 0 bridgehead atoms. The van der Waals surface area contributed by atoms with Crippen LogP contribution in [0.15, 0.2) is 35.8 Å². The van der Waals surface area contributed by atoms with Gasteiger partial charge in [-0.2, -0.15) is 0 Å². The Hall–Kier alpha value is -2.54. The fourth-order valence-corrected chi connectivity index (χ4v) is 3.14. The SMILES string of the molecule is CC(C)C(=O)OC(C)(C)C.CC(C)Oc1nc2ccccc2nc1CCc1nccs1. The number of esters is 1. The average molecular weight is 444 g/mol. The molecule has 2 heterocycles. The van der Waals surface area contributed by atoms with Gasteiger partial charge in [0.25, 0.3) is 0 Å². The highest BCUT2D eigenvalue weighted by Gasteiger charge is 2.18. The first-order valence-corrected chi connectivity index (χ1v) is 11.5. The third-order valence-electron chi connectivity index (χ3n) is 3.89. The summed E-state index contributed by atoms with van der Waals surface area (Å²) in [5.41, 5.74) is 2.33. The predicted octanol–water partition coefficient (Wildman–Crippen LogP) is 5.64. The fourth-order valence-electron chi connectivity index (χ4n) is 2.52. The summed E-state index contributed by atoms with van der Waals surface area (Å²) in [5.74, 6) is 0.479. The van der Waals surface area contributed by atoms with E-state index >= 15 is 0 Å². The van der Waals surface area contributed by atoms with E-state index in [0.29, 0.717) is 5.88 Å². The molecule has 0 atom stereocenters. The van der Waals surface area contributed by atoms with Crippen molar-refractivity contribution in [2.45, 2.75) is 73.0 Å². The normalized spacial score (nSPS) is 11.4. The van der Waals surface area contributed by atoms with Crippen LogP contribution in [0.3, 0.4) is 0 Å². The number of fused-ring (bicyclic) bond motifs is 1. The molecule has 0 saturated carbocycles. The number of benzene rings is 1. The van der Waals surface area contributed by atoms with Crippen molar-refractivity contribution in [1.29, 1.82) is 0 Å². The second kappa shape index (κ2) is 11.2. The monoisotopic (exact) mass is 443 g/mol. The first-order chi connectivity index (χ1) is 14.5. The van der Waals surface area contributed by atoms with Gasteiger partial charge in [0.15, 0.2) is 0 Å². The van der Waals surface area contributed by atoms with E-state index in [0.717, 1.165) is 34.6 Å². The second-order valence-corrected chi connectivity index (χ2v) is 9.72. The van der Waals surface area contributed by atoms with Crippen LogP contribution in [-0.2, 0) is 22.4 Å². The van der Waals surface area contributed by atoms with Gasteiger partial charge in [-0.25, -0.2) is 15.0 Å². The van der Waals surface area contributed by atoms with Crippen molar-refractivity contribution < 1.29 is 14.3 Å². The summed E-state index contributed by atoms with van der Waals surface area (Å²) in [7, 11) is 0. The highest BCUT2D eigenvalue weighted by molar-refractivity contribution is 7.09. The zero-order chi connectivity index (χ0) is 23.0. The standard InChI is InChI=1S/C16H17N3OS.C8H16O2/c1-11(2)20-16-14(7-8-15-17-9-10-21-15)18-12-5-3-4-6-13(12)19-16;1-6(2)7(9)10-8(3,4)5/h3-6,9-11H,7-8H2,1-2H3;6H,1-5H3. The molecule has 3 aromatic rings. The average Bonchev–Trinajstić information content (AvgIpc) is 3.18. The van der Waals surface area contributed by atoms with Crippen molar-refractivity contribution in [2.24, 2.45) is 5.92 Å². The Kier molecular flexibility index (Phi) is 8.92. The molecule has 2 aromatic heterocycles. The maximum absolute atomic E-state index is 10.9. The van der Waals surface area contributed by atoms with Crippen LogP contribution in [-0.4, -0.2) is 32.6 Å².